The van der Waals surface area contributed by atoms with Crippen LogP contribution < -0.4 is 0 Å². The van der Waals surface area contributed by atoms with Gasteiger partial charge in [0.05, 0.1) is 29.2 Å². The molecule has 4 rings (SSSR count). The zero-order valence-electron chi connectivity index (χ0n) is 18.3. The van der Waals surface area contributed by atoms with Crippen molar-refractivity contribution in [2.75, 3.05) is 13.1 Å². The van der Waals surface area contributed by atoms with Crippen LogP contribution in [0.25, 0.3) is 5.57 Å². The van der Waals surface area contributed by atoms with E-state index in [0.29, 0.717) is 24.4 Å². The van der Waals surface area contributed by atoms with Crippen LogP contribution in [0.5, 0.6) is 0 Å². The van der Waals surface area contributed by atoms with E-state index in [-0.39, 0.29) is 35.9 Å². The monoisotopic (exact) mass is 435 g/mol. The topological polar surface area (TPSA) is 93.0 Å². The van der Waals surface area contributed by atoms with Crippen molar-refractivity contribution in [3.63, 3.8) is 0 Å². The summed E-state index contributed by atoms with van der Waals surface area (Å²) < 4.78 is 5.81. The molecule has 2 atom stereocenters. The molecule has 0 aliphatic carbocycles. The van der Waals surface area contributed by atoms with Crippen molar-refractivity contribution in [1.82, 2.24) is 9.80 Å². The zero-order chi connectivity index (χ0) is 23.0. The normalized spacial score (nSPS) is 21.5. The summed E-state index contributed by atoms with van der Waals surface area (Å²) in [5.41, 5.74) is 2.97. The van der Waals surface area contributed by atoms with Gasteiger partial charge >= 0.3 is 0 Å². The molecule has 2 aromatic rings. The van der Waals surface area contributed by atoms with Crippen LogP contribution in [0, 0.1) is 17.0 Å². The zero-order valence-corrected chi connectivity index (χ0v) is 18.3. The number of hydrogen-bond donors (Lipinski definition) is 0. The number of rotatable bonds is 5. The van der Waals surface area contributed by atoms with Crippen molar-refractivity contribution >= 4 is 23.1 Å². The summed E-state index contributed by atoms with van der Waals surface area (Å²) in [5, 5.41) is 11.1. The number of carbonyl (C=O) groups excluding carboxylic acids is 2. The Balaban J connectivity index is 1.74. The predicted octanol–water partition coefficient (Wildman–Crippen LogP) is 3.29. The SMILES string of the molecule is Cc1ccc(CN2C(=O)C(c3ccc([N+](=O)[O-])cc3)=C(N3CC(C)OC(C)C3)C2=O)cc1. The highest BCUT2D eigenvalue weighted by Gasteiger charge is 2.43. The molecule has 0 aromatic heterocycles. The van der Waals surface area contributed by atoms with Gasteiger partial charge in [0.1, 0.15) is 5.70 Å². The summed E-state index contributed by atoms with van der Waals surface area (Å²) in [6, 6.07) is 13.4. The van der Waals surface area contributed by atoms with Crippen LogP contribution in [0.15, 0.2) is 54.2 Å². The fourth-order valence-corrected chi connectivity index (χ4v) is 4.25. The number of carbonyl (C=O) groups is 2. The Kier molecular flexibility index (Phi) is 5.80. The van der Waals surface area contributed by atoms with Crippen molar-refractivity contribution in [3.8, 4) is 0 Å². The molecule has 0 bridgehead atoms. The third-order valence-electron chi connectivity index (χ3n) is 5.71. The van der Waals surface area contributed by atoms with Gasteiger partial charge in [0.2, 0.25) is 0 Å². The van der Waals surface area contributed by atoms with Gasteiger partial charge in [0.15, 0.2) is 0 Å². The number of nitro groups is 1. The van der Waals surface area contributed by atoms with Crippen molar-refractivity contribution in [2.24, 2.45) is 0 Å². The first-order chi connectivity index (χ1) is 15.2. The third-order valence-corrected chi connectivity index (χ3v) is 5.71. The van der Waals surface area contributed by atoms with Crippen molar-refractivity contribution in [2.45, 2.75) is 39.5 Å². The Labute approximate surface area is 186 Å². The molecule has 2 heterocycles. The number of nitro benzene ring substituents is 1. The molecule has 0 spiro atoms. The molecule has 2 unspecified atom stereocenters. The number of morpholine rings is 1. The molecule has 32 heavy (non-hydrogen) atoms. The number of nitrogens with zero attached hydrogens (tertiary/aromatic N) is 3. The molecule has 0 saturated carbocycles. The maximum atomic E-state index is 13.5. The average molecular weight is 435 g/mol. The molecule has 166 valence electrons. The van der Waals surface area contributed by atoms with Gasteiger partial charge in [0, 0.05) is 25.2 Å². The number of imide groups is 1. The highest BCUT2D eigenvalue weighted by atomic mass is 16.6. The van der Waals surface area contributed by atoms with Gasteiger partial charge in [-0.05, 0) is 44.0 Å². The Bertz CT molecular complexity index is 1080. The van der Waals surface area contributed by atoms with E-state index in [1.807, 2.05) is 49.9 Å². The summed E-state index contributed by atoms with van der Waals surface area (Å²) in [6.07, 6.45) is -0.197. The molecule has 2 amide bonds. The number of non-ortho nitro benzene ring substituents is 1. The smallest absolute Gasteiger partial charge is 0.278 e. The summed E-state index contributed by atoms with van der Waals surface area (Å²) in [7, 11) is 0. The van der Waals surface area contributed by atoms with E-state index in [0.717, 1.165) is 11.1 Å². The minimum Gasteiger partial charge on any atom is -0.372 e. The standard InChI is InChI=1S/C24H25N3O5/c1-15-4-6-18(7-5-15)14-26-23(28)21(19-8-10-20(11-9-19)27(30)31)22(24(26)29)25-12-16(2)32-17(3)13-25/h4-11,16-17H,12-14H2,1-3H3. The molecule has 8 heteroatoms. The van der Waals surface area contributed by atoms with E-state index >= 15 is 0 Å². The van der Waals surface area contributed by atoms with E-state index in [9.17, 15) is 19.7 Å². The lowest BCUT2D eigenvalue weighted by molar-refractivity contribution is -0.384. The quantitative estimate of drug-likeness (QED) is 0.407. The van der Waals surface area contributed by atoms with Crippen molar-refractivity contribution in [3.05, 3.63) is 81.0 Å². The first kappa shape index (κ1) is 21.7. The van der Waals surface area contributed by atoms with Gasteiger partial charge in [-0.3, -0.25) is 24.6 Å². The fraction of sp³-hybridized carbons (Fsp3) is 0.333. The van der Waals surface area contributed by atoms with Gasteiger partial charge in [-0.25, -0.2) is 0 Å². The molecule has 1 saturated heterocycles. The second-order valence-corrected chi connectivity index (χ2v) is 8.37. The van der Waals surface area contributed by atoms with Crippen LogP contribution in [0.2, 0.25) is 0 Å². The highest BCUT2D eigenvalue weighted by molar-refractivity contribution is 6.35. The first-order valence-corrected chi connectivity index (χ1v) is 10.6. The van der Waals surface area contributed by atoms with Crippen LogP contribution in [-0.2, 0) is 20.9 Å². The van der Waals surface area contributed by atoms with Gasteiger partial charge < -0.3 is 9.64 Å². The Morgan fingerprint density at radius 2 is 1.56 bits per heavy atom. The minimum absolute atomic E-state index is 0.0715. The lowest BCUT2D eigenvalue weighted by atomic mass is 10.0. The Morgan fingerprint density at radius 1 is 0.969 bits per heavy atom. The molecule has 2 aromatic carbocycles. The summed E-state index contributed by atoms with van der Waals surface area (Å²) in [6.45, 7) is 6.96. The summed E-state index contributed by atoms with van der Waals surface area (Å²) >= 11 is 0. The molecule has 2 aliphatic rings. The van der Waals surface area contributed by atoms with Gasteiger partial charge in [-0.1, -0.05) is 29.8 Å². The number of ether oxygens (including phenoxy) is 1. The van der Waals surface area contributed by atoms with Crippen LogP contribution in [0.4, 0.5) is 5.69 Å². The van der Waals surface area contributed by atoms with E-state index in [1.165, 1.54) is 29.2 Å². The van der Waals surface area contributed by atoms with E-state index in [2.05, 4.69) is 0 Å². The molecule has 0 N–H and O–H groups in total. The van der Waals surface area contributed by atoms with Gasteiger partial charge in [-0.2, -0.15) is 0 Å². The highest BCUT2D eigenvalue weighted by Crippen LogP contribution is 2.34. The van der Waals surface area contributed by atoms with Crippen LogP contribution >= 0.6 is 0 Å². The van der Waals surface area contributed by atoms with E-state index in [1.54, 1.807) is 0 Å². The van der Waals surface area contributed by atoms with Gasteiger partial charge in [0.25, 0.3) is 17.5 Å². The van der Waals surface area contributed by atoms with Crippen LogP contribution in [-0.4, -0.2) is 51.8 Å². The third kappa shape index (κ3) is 4.13. The predicted molar refractivity (Wildman–Crippen MR) is 118 cm³/mol. The molecular formula is C24H25N3O5. The molecular weight excluding hydrogens is 410 g/mol. The largest absolute Gasteiger partial charge is 0.372 e. The lowest BCUT2D eigenvalue weighted by Crippen LogP contribution is -2.46. The van der Waals surface area contributed by atoms with E-state index < -0.39 is 10.8 Å². The number of aryl methyl sites for hydroxylation is 1. The second kappa shape index (κ2) is 8.55. The lowest BCUT2D eigenvalue weighted by Gasteiger charge is -2.37. The molecule has 0 radical (unpaired) electrons. The average Bonchev–Trinajstić information content (AvgIpc) is 2.99. The Hall–Kier alpha value is -3.52. The van der Waals surface area contributed by atoms with Crippen LogP contribution in [0.1, 0.15) is 30.5 Å². The number of benzene rings is 2. The fourth-order valence-electron chi connectivity index (χ4n) is 4.25. The van der Waals surface area contributed by atoms with Gasteiger partial charge in [-0.15, -0.1) is 0 Å². The van der Waals surface area contributed by atoms with Crippen LogP contribution in [0.3, 0.4) is 0 Å². The molecule has 8 nitrogen and oxygen atoms in total. The molecule has 2 aliphatic heterocycles. The second-order valence-electron chi connectivity index (χ2n) is 8.37. The first-order valence-electron chi connectivity index (χ1n) is 10.6. The maximum Gasteiger partial charge on any atom is 0.278 e. The summed E-state index contributed by atoms with van der Waals surface area (Å²) in [5.74, 6) is -0.753. The Morgan fingerprint density at radius 3 is 2.12 bits per heavy atom. The number of hydrogen-bond acceptors (Lipinski definition) is 6. The maximum absolute atomic E-state index is 13.5. The molecule has 1 fully saturated rings. The minimum atomic E-state index is -0.490. The van der Waals surface area contributed by atoms with Crippen molar-refractivity contribution in [1.29, 1.82) is 0 Å². The van der Waals surface area contributed by atoms with Crippen molar-refractivity contribution < 1.29 is 19.2 Å². The summed E-state index contributed by atoms with van der Waals surface area (Å²) in [4.78, 5) is 40.7. The number of amides is 2. The van der Waals surface area contributed by atoms with E-state index in [4.69, 9.17) is 4.74 Å².